The van der Waals surface area contributed by atoms with E-state index in [-0.39, 0.29) is 19.8 Å². The summed E-state index contributed by atoms with van der Waals surface area (Å²) < 4.78 is 32.4. The van der Waals surface area contributed by atoms with Crippen LogP contribution in [0.2, 0.25) is 0 Å². The standard InChI is InChI=1S/C10H17NO6S/c1-7(18(3,14)15)9(12)11-4-5-17-6-8(11)10(13)16-2/h7-8H,4-6H2,1-3H3. The van der Waals surface area contributed by atoms with E-state index >= 15 is 0 Å². The van der Waals surface area contributed by atoms with Gasteiger partial charge in [0.25, 0.3) is 0 Å². The fraction of sp³-hybridized carbons (Fsp3) is 0.800. The first-order valence-corrected chi connectivity index (χ1v) is 7.39. The predicted octanol–water partition coefficient (Wildman–Crippen LogP) is -1.18. The smallest absolute Gasteiger partial charge is 0.331 e. The van der Waals surface area contributed by atoms with E-state index in [1.54, 1.807) is 0 Å². The van der Waals surface area contributed by atoms with E-state index in [1.807, 2.05) is 0 Å². The molecule has 0 spiro atoms. The van der Waals surface area contributed by atoms with Crippen molar-refractivity contribution in [2.45, 2.75) is 18.2 Å². The lowest BCUT2D eigenvalue weighted by molar-refractivity contribution is -0.160. The molecule has 1 aliphatic heterocycles. The molecule has 2 unspecified atom stereocenters. The zero-order valence-electron chi connectivity index (χ0n) is 10.6. The lowest BCUT2D eigenvalue weighted by Gasteiger charge is -2.34. The molecule has 1 amide bonds. The number of morpholine rings is 1. The Morgan fingerprint density at radius 3 is 2.56 bits per heavy atom. The van der Waals surface area contributed by atoms with Gasteiger partial charge in [-0.1, -0.05) is 0 Å². The first-order chi connectivity index (χ1) is 8.29. The fourth-order valence-electron chi connectivity index (χ4n) is 1.62. The van der Waals surface area contributed by atoms with Crippen molar-refractivity contribution < 1.29 is 27.5 Å². The molecule has 2 atom stereocenters. The largest absolute Gasteiger partial charge is 0.467 e. The molecule has 0 saturated carbocycles. The Bertz CT molecular complexity index is 432. The normalized spacial score (nSPS) is 22.4. The summed E-state index contributed by atoms with van der Waals surface area (Å²) in [5, 5.41) is -1.18. The van der Waals surface area contributed by atoms with E-state index in [4.69, 9.17) is 4.74 Å². The Morgan fingerprint density at radius 1 is 1.44 bits per heavy atom. The number of hydrogen-bond acceptors (Lipinski definition) is 6. The second-order valence-electron chi connectivity index (χ2n) is 4.12. The van der Waals surface area contributed by atoms with Crippen molar-refractivity contribution in [2.24, 2.45) is 0 Å². The number of ether oxygens (including phenoxy) is 2. The van der Waals surface area contributed by atoms with Gasteiger partial charge in [-0.3, -0.25) is 4.79 Å². The summed E-state index contributed by atoms with van der Waals surface area (Å²) in [7, 11) is -2.28. The maximum absolute atomic E-state index is 12.1. The number of amides is 1. The molecular weight excluding hydrogens is 262 g/mol. The molecule has 1 fully saturated rings. The summed E-state index contributed by atoms with van der Waals surface area (Å²) in [6.07, 6.45) is 0.989. The molecule has 1 rings (SSSR count). The molecule has 8 heteroatoms. The second kappa shape index (κ2) is 5.66. The van der Waals surface area contributed by atoms with E-state index in [0.717, 1.165) is 6.26 Å². The molecule has 0 N–H and O–H groups in total. The van der Waals surface area contributed by atoms with Gasteiger partial charge >= 0.3 is 5.97 Å². The van der Waals surface area contributed by atoms with Crippen LogP contribution in [-0.2, 0) is 28.9 Å². The van der Waals surface area contributed by atoms with Gasteiger partial charge < -0.3 is 14.4 Å². The molecule has 0 bridgehead atoms. The van der Waals surface area contributed by atoms with Crippen LogP contribution in [-0.4, -0.2) is 69.6 Å². The van der Waals surface area contributed by atoms with Crippen molar-refractivity contribution >= 4 is 21.7 Å². The highest BCUT2D eigenvalue weighted by Crippen LogP contribution is 2.13. The quantitative estimate of drug-likeness (QED) is 0.604. The first kappa shape index (κ1) is 14.9. The van der Waals surface area contributed by atoms with Gasteiger partial charge in [-0.05, 0) is 6.92 Å². The minimum Gasteiger partial charge on any atom is -0.467 e. The molecule has 0 radical (unpaired) electrons. The lowest BCUT2D eigenvalue weighted by Crippen LogP contribution is -2.56. The monoisotopic (exact) mass is 279 g/mol. The van der Waals surface area contributed by atoms with Gasteiger partial charge in [0.2, 0.25) is 5.91 Å². The molecule has 0 aliphatic carbocycles. The maximum atomic E-state index is 12.1. The fourth-order valence-corrected chi connectivity index (χ4v) is 2.12. The van der Waals surface area contributed by atoms with E-state index in [1.165, 1.54) is 18.9 Å². The zero-order chi connectivity index (χ0) is 13.9. The van der Waals surface area contributed by atoms with Crippen LogP contribution >= 0.6 is 0 Å². The SMILES string of the molecule is COC(=O)C1COCCN1C(=O)C(C)S(C)(=O)=O. The van der Waals surface area contributed by atoms with Crippen molar-refractivity contribution in [2.75, 3.05) is 33.1 Å². The number of carbonyl (C=O) groups is 2. The van der Waals surface area contributed by atoms with Crippen molar-refractivity contribution in [1.29, 1.82) is 0 Å². The molecule has 1 aliphatic rings. The summed E-state index contributed by atoms with van der Waals surface area (Å²) in [5.41, 5.74) is 0. The van der Waals surface area contributed by atoms with Gasteiger partial charge in [0.15, 0.2) is 15.9 Å². The van der Waals surface area contributed by atoms with E-state index in [2.05, 4.69) is 4.74 Å². The molecule has 0 aromatic rings. The number of sulfone groups is 1. The number of carbonyl (C=O) groups excluding carboxylic acids is 2. The van der Waals surface area contributed by atoms with Crippen LogP contribution in [0.15, 0.2) is 0 Å². The molecule has 1 heterocycles. The minimum atomic E-state index is -3.49. The Labute approximate surface area is 106 Å². The number of esters is 1. The molecule has 0 aromatic carbocycles. The number of rotatable bonds is 3. The predicted molar refractivity (Wildman–Crippen MR) is 62.6 cm³/mol. The maximum Gasteiger partial charge on any atom is 0.331 e. The highest BCUT2D eigenvalue weighted by Gasteiger charge is 2.38. The van der Waals surface area contributed by atoms with Gasteiger partial charge in [0, 0.05) is 12.8 Å². The Hall–Kier alpha value is -1.15. The lowest BCUT2D eigenvalue weighted by atomic mass is 10.2. The van der Waals surface area contributed by atoms with Gasteiger partial charge in [-0.25, -0.2) is 13.2 Å². The van der Waals surface area contributed by atoms with Crippen LogP contribution in [0.1, 0.15) is 6.92 Å². The van der Waals surface area contributed by atoms with Crippen LogP contribution < -0.4 is 0 Å². The zero-order valence-corrected chi connectivity index (χ0v) is 11.4. The Morgan fingerprint density at radius 2 is 2.06 bits per heavy atom. The number of methoxy groups -OCH3 is 1. The van der Waals surface area contributed by atoms with Crippen molar-refractivity contribution in [3.63, 3.8) is 0 Å². The van der Waals surface area contributed by atoms with E-state index in [9.17, 15) is 18.0 Å². The van der Waals surface area contributed by atoms with Crippen molar-refractivity contribution in [1.82, 2.24) is 4.90 Å². The van der Waals surface area contributed by atoms with Gasteiger partial charge in [-0.2, -0.15) is 0 Å². The summed E-state index contributed by atoms with van der Waals surface area (Å²) in [5.74, 6) is -1.21. The van der Waals surface area contributed by atoms with E-state index < -0.39 is 33.0 Å². The topological polar surface area (TPSA) is 90.0 Å². The first-order valence-electron chi connectivity index (χ1n) is 5.44. The van der Waals surface area contributed by atoms with Crippen LogP contribution in [0.25, 0.3) is 0 Å². The summed E-state index contributed by atoms with van der Waals surface area (Å²) in [4.78, 5) is 24.8. The Kier molecular flexibility index (Phi) is 4.69. The average molecular weight is 279 g/mol. The van der Waals surface area contributed by atoms with E-state index in [0.29, 0.717) is 0 Å². The van der Waals surface area contributed by atoms with Crippen LogP contribution in [0.3, 0.4) is 0 Å². The van der Waals surface area contributed by atoms with Crippen LogP contribution in [0.5, 0.6) is 0 Å². The second-order valence-corrected chi connectivity index (χ2v) is 6.48. The Balaban J connectivity index is 2.91. The molecular formula is C10H17NO6S. The van der Waals surface area contributed by atoms with Crippen molar-refractivity contribution in [3.8, 4) is 0 Å². The molecule has 0 aromatic heterocycles. The summed E-state index contributed by atoms with van der Waals surface area (Å²) in [6, 6.07) is -0.875. The highest BCUT2D eigenvalue weighted by molar-refractivity contribution is 7.92. The third kappa shape index (κ3) is 3.20. The third-order valence-electron chi connectivity index (χ3n) is 2.87. The third-order valence-corrected chi connectivity index (χ3v) is 4.36. The van der Waals surface area contributed by atoms with Gasteiger partial charge in [0.1, 0.15) is 5.25 Å². The van der Waals surface area contributed by atoms with Crippen LogP contribution in [0, 0.1) is 0 Å². The summed E-state index contributed by atoms with van der Waals surface area (Å²) in [6.45, 7) is 1.78. The number of hydrogen-bond donors (Lipinski definition) is 0. The molecule has 7 nitrogen and oxygen atoms in total. The van der Waals surface area contributed by atoms with Crippen LogP contribution in [0.4, 0.5) is 0 Å². The average Bonchev–Trinajstić information content (AvgIpc) is 2.35. The minimum absolute atomic E-state index is 0.0227. The molecule has 104 valence electrons. The molecule has 1 saturated heterocycles. The molecule has 18 heavy (non-hydrogen) atoms. The number of nitrogens with zero attached hydrogens (tertiary/aromatic N) is 1. The summed E-state index contributed by atoms with van der Waals surface area (Å²) >= 11 is 0. The van der Waals surface area contributed by atoms with Crippen molar-refractivity contribution in [3.05, 3.63) is 0 Å². The van der Waals surface area contributed by atoms with Gasteiger partial charge in [0.05, 0.1) is 20.3 Å². The highest BCUT2D eigenvalue weighted by atomic mass is 32.2. The van der Waals surface area contributed by atoms with Gasteiger partial charge in [-0.15, -0.1) is 0 Å².